The van der Waals surface area contributed by atoms with Crippen molar-refractivity contribution in [2.45, 2.75) is 13.3 Å². The molecule has 0 aliphatic heterocycles. The summed E-state index contributed by atoms with van der Waals surface area (Å²) < 4.78 is 16.2. The van der Waals surface area contributed by atoms with E-state index in [1.54, 1.807) is 27.5 Å². The Morgan fingerprint density at radius 3 is 2.38 bits per heavy atom. The SMILES string of the molecule is CC[CH]c1c[nH]c2ncc(-c3cc(OC)c(OC)c(OC)c3)nc12. The minimum atomic E-state index is 0.555. The highest BCUT2D eigenvalue weighted by Crippen LogP contribution is 2.40. The first-order valence-electron chi connectivity index (χ1n) is 7.69. The molecule has 2 aromatic heterocycles. The van der Waals surface area contributed by atoms with Crippen molar-refractivity contribution in [3.05, 3.63) is 36.5 Å². The second kappa shape index (κ2) is 6.78. The van der Waals surface area contributed by atoms with Gasteiger partial charge in [0.2, 0.25) is 5.75 Å². The van der Waals surface area contributed by atoms with Gasteiger partial charge in [-0.1, -0.05) is 6.92 Å². The predicted molar refractivity (Wildman–Crippen MR) is 92.7 cm³/mol. The number of benzene rings is 1. The quantitative estimate of drug-likeness (QED) is 0.749. The van der Waals surface area contributed by atoms with Gasteiger partial charge in [0.05, 0.1) is 33.2 Å². The van der Waals surface area contributed by atoms with Crippen molar-refractivity contribution in [3.8, 4) is 28.5 Å². The van der Waals surface area contributed by atoms with E-state index in [9.17, 15) is 0 Å². The third-order valence-corrected chi connectivity index (χ3v) is 3.79. The molecule has 3 rings (SSSR count). The average Bonchev–Trinajstić information content (AvgIpc) is 3.03. The molecule has 0 saturated carbocycles. The number of methoxy groups -OCH3 is 3. The molecule has 0 amide bonds. The summed E-state index contributed by atoms with van der Waals surface area (Å²) in [5, 5.41) is 0. The fraction of sp³-hybridized carbons (Fsp3) is 0.278. The van der Waals surface area contributed by atoms with Crippen molar-refractivity contribution in [2.24, 2.45) is 0 Å². The van der Waals surface area contributed by atoms with E-state index in [4.69, 9.17) is 19.2 Å². The molecule has 0 atom stereocenters. The molecule has 24 heavy (non-hydrogen) atoms. The topological polar surface area (TPSA) is 69.3 Å². The molecule has 6 heteroatoms. The molecule has 3 aromatic rings. The summed E-state index contributed by atoms with van der Waals surface area (Å²) in [5.74, 6) is 1.73. The number of hydrogen-bond donors (Lipinski definition) is 1. The van der Waals surface area contributed by atoms with Gasteiger partial charge in [0, 0.05) is 17.3 Å². The van der Waals surface area contributed by atoms with Gasteiger partial charge in [-0.15, -0.1) is 0 Å². The molecule has 1 aromatic carbocycles. The summed E-state index contributed by atoms with van der Waals surface area (Å²) in [7, 11) is 4.77. The van der Waals surface area contributed by atoms with Crippen molar-refractivity contribution >= 4 is 11.2 Å². The second-order valence-corrected chi connectivity index (χ2v) is 5.22. The molecule has 0 bridgehead atoms. The Bertz CT molecular complexity index is 833. The minimum Gasteiger partial charge on any atom is -0.493 e. The van der Waals surface area contributed by atoms with Crippen LogP contribution in [0.5, 0.6) is 17.2 Å². The van der Waals surface area contributed by atoms with Gasteiger partial charge in [0.25, 0.3) is 0 Å². The second-order valence-electron chi connectivity index (χ2n) is 5.22. The third kappa shape index (κ3) is 2.75. The number of nitrogens with zero attached hydrogens (tertiary/aromatic N) is 2. The molecular weight excluding hydrogens is 306 g/mol. The van der Waals surface area contributed by atoms with Gasteiger partial charge in [-0.25, -0.2) is 9.97 Å². The molecule has 0 saturated heterocycles. The van der Waals surface area contributed by atoms with Crippen LogP contribution in [0.2, 0.25) is 0 Å². The largest absolute Gasteiger partial charge is 0.493 e. The summed E-state index contributed by atoms with van der Waals surface area (Å²) in [5.41, 5.74) is 4.26. The van der Waals surface area contributed by atoms with E-state index in [0.29, 0.717) is 17.2 Å². The van der Waals surface area contributed by atoms with Crippen LogP contribution in [0, 0.1) is 6.42 Å². The van der Waals surface area contributed by atoms with Crippen LogP contribution in [0.3, 0.4) is 0 Å². The summed E-state index contributed by atoms with van der Waals surface area (Å²) in [4.78, 5) is 12.4. The molecule has 0 fully saturated rings. The van der Waals surface area contributed by atoms with Gasteiger partial charge in [-0.2, -0.15) is 0 Å². The third-order valence-electron chi connectivity index (χ3n) is 3.79. The number of ether oxygens (including phenoxy) is 3. The average molecular weight is 326 g/mol. The molecule has 0 aliphatic carbocycles. The minimum absolute atomic E-state index is 0.555. The van der Waals surface area contributed by atoms with Gasteiger partial charge in [-0.3, -0.25) is 0 Å². The number of nitrogens with one attached hydrogen (secondary N) is 1. The summed E-state index contributed by atoms with van der Waals surface area (Å²) in [6, 6.07) is 3.74. The molecule has 2 heterocycles. The van der Waals surface area contributed by atoms with E-state index in [-0.39, 0.29) is 0 Å². The van der Waals surface area contributed by atoms with Gasteiger partial charge >= 0.3 is 0 Å². The van der Waals surface area contributed by atoms with E-state index in [1.165, 1.54) is 0 Å². The molecule has 0 unspecified atom stereocenters. The molecule has 1 radical (unpaired) electrons. The van der Waals surface area contributed by atoms with Crippen molar-refractivity contribution < 1.29 is 14.2 Å². The lowest BCUT2D eigenvalue weighted by Crippen LogP contribution is -1.97. The maximum absolute atomic E-state index is 5.41. The Morgan fingerprint density at radius 2 is 1.79 bits per heavy atom. The zero-order valence-corrected chi connectivity index (χ0v) is 14.2. The van der Waals surface area contributed by atoms with Gasteiger partial charge in [-0.05, 0) is 25.0 Å². The number of rotatable bonds is 6. The molecule has 125 valence electrons. The highest BCUT2D eigenvalue weighted by atomic mass is 16.5. The molecule has 0 spiro atoms. The monoisotopic (exact) mass is 326 g/mol. The Balaban J connectivity index is 2.14. The van der Waals surface area contributed by atoms with E-state index < -0.39 is 0 Å². The van der Waals surface area contributed by atoms with Crippen molar-refractivity contribution in [1.29, 1.82) is 0 Å². The Morgan fingerprint density at radius 1 is 1.08 bits per heavy atom. The van der Waals surface area contributed by atoms with E-state index in [0.717, 1.165) is 34.4 Å². The highest BCUT2D eigenvalue weighted by Gasteiger charge is 2.16. The smallest absolute Gasteiger partial charge is 0.203 e. The molecule has 6 nitrogen and oxygen atoms in total. The van der Waals surface area contributed by atoms with Crippen molar-refractivity contribution in [2.75, 3.05) is 21.3 Å². The summed E-state index contributed by atoms with van der Waals surface area (Å²) in [6.45, 7) is 2.09. The Labute approximate surface area is 140 Å². The lowest BCUT2D eigenvalue weighted by Gasteiger charge is -2.13. The maximum atomic E-state index is 5.41. The van der Waals surface area contributed by atoms with Crippen LogP contribution in [0.15, 0.2) is 24.5 Å². The summed E-state index contributed by atoms with van der Waals surface area (Å²) in [6.07, 6.45) is 6.71. The van der Waals surface area contributed by atoms with Gasteiger partial charge < -0.3 is 19.2 Å². The zero-order chi connectivity index (χ0) is 17.1. The Hall–Kier alpha value is -2.76. The van der Waals surface area contributed by atoms with Crippen molar-refractivity contribution in [3.63, 3.8) is 0 Å². The first kappa shape index (κ1) is 16.1. The maximum Gasteiger partial charge on any atom is 0.203 e. The number of aromatic nitrogens is 3. The van der Waals surface area contributed by atoms with Crippen LogP contribution in [0.1, 0.15) is 18.9 Å². The lowest BCUT2D eigenvalue weighted by molar-refractivity contribution is 0.324. The number of fused-ring (bicyclic) bond motifs is 1. The number of aromatic amines is 1. The number of hydrogen-bond acceptors (Lipinski definition) is 5. The van der Waals surface area contributed by atoms with Crippen LogP contribution >= 0.6 is 0 Å². The van der Waals surface area contributed by atoms with E-state index >= 15 is 0 Å². The standard InChI is InChI=1S/C18H20N3O3/c1-5-6-11-9-19-18-16(11)21-13(10-20-18)12-7-14(22-2)17(24-4)15(8-12)23-3/h6-10H,5H2,1-4H3,(H,19,20). The fourth-order valence-corrected chi connectivity index (χ4v) is 2.65. The van der Waals surface area contributed by atoms with Crippen LogP contribution in [0.25, 0.3) is 22.4 Å². The zero-order valence-electron chi connectivity index (χ0n) is 14.2. The van der Waals surface area contributed by atoms with E-state index in [2.05, 4.69) is 23.3 Å². The van der Waals surface area contributed by atoms with Crippen LogP contribution in [-0.2, 0) is 0 Å². The van der Waals surface area contributed by atoms with Crippen molar-refractivity contribution in [1.82, 2.24) is 15.0 Å². The fourth-order valence-electron chi connectivity index (χ4n) is 2.65. The van der Waals surface area contributed by atoms with Crippen LogP contribution in [0.4, 0.5) is 0 Å². The Kier molecular flexibility index (Phi) is 4.55. The lowest BCUT2D eigenvalue weighted by atomic mass is 10.1. The first-order valence-corrected chi connectivity index (χ1v) is 7.69. The van der Waals surface area contributed by atoms with Crippen LogP contribution < -0.4 is 14.2 Å². The summed E-state index contributed by atoms with van der Waals surface area (Å²) >= 11 is 0. The highest BCUT2D eigenvalue weighted by molar-refractivity contribution is 5.80. The molecule has 0 aliphatic rings. The molecule has 1 N–H and O–H groups in total. The normalized spacial score (nSPS) is 10.8. The molecular formula is C18H20N3O3. The van der Waals surface area contributed by atoms with E-state index in [1.807, 2.05) is 18.3 Å². The predicted octanol–water partition coefficient (Wildman–Crippen LogP) is 3.61. The number of H-pyrrole nitrogens is 1. The first-order chi connectivity index (χ1) is 11.7. The van der Waals surface area contributed by atoms with Crippen LogP contribution in [-0.4, -0.2) is 36.3 Å². The van der Waals surface area contributed by atoms with Gasteiger partial charge in [0.1, 0.15) is 5.52 Å². The van der Waals surface area contributed by atoms with Gasteiger partial charge in [0.15, 0.2) is 17.1 Å².